The van der Waals surface area contributed by atoms with E-state index in [-0.39, 0.29) is 46.5 Å². The molecule has 2 aliphatic rings. The Hall–Kier alpha value is 0.471. The van der Waals surface area contributed by atoms with Gasteiger partial charge in [-0.1, -0.05) is 35.0 Å². The summed E-state index contributed by atoms with van der Waals surface area (Å²) in [5.74, 6) is 0. The average Bonchev–Trinajstić information content (AvgIpc) is 2.73. The number of allylic oxidation sites excluding steroid dienone is 8. The van der Waals surface area contributed by atoms with Gasteiger partial charge < -0.3 is 24.8 Å². The molecule has 0 aromatic rings. The fraction of sp³-hybridized carbons (Fsp3) is 0.429. The van der Waals surface area contributed by atoms with Crippen molar-refractivity contribution < 1.29 is 46.5 Å². The van der Waals surface area contributed by atoms with Crippen LogP contribution in [0.5, 0.6) is 0 Å². The first kappa shape index (κ1) is 20.8. The summed E-state index contributed by atoms with van der Waals surface area (Å²) in [4.78, 5) is 0. The predicted molar refractivity (Wildman–Crippen MR) is 67.7 cm³/mol. The summed E-state index contributed by atoms with van der Waals surface area (Å²) in [5, 5.41) is 3.16. The van der Waals surface area contributed by atoms with Crippen molar-refractivity contribution in [1.82, 2.24) is 0 Å². The molecular formula is C14H18Cl2SiTi. The topological polar surface area (TPSA) is 0 Å². The molecule has 0 nitrogen and oxygen atoms in total. The minimum Gasteiger partial charge on any atom is -1.00 e. The van der Waals surface area contributed by atoms with Crippen molar-refractivity contribution >= 4 is 8.07 Å². The first-order chi connectivity index (χ1) is 7.03. The van der Waals surface area contributed by atoms with E-state index in [4.69, 9.17) is 0 Å². The Bertz CT molecular complexity index is 380. The Labute approximate surface area is 139 Å². The van der Waals surface area contributed by atoms with Crippen LogP contribution in [-0.2, 0) is 21.7 Å². The molecule has 0 aliphatic heterocycles. The first-order valence-corrected chi connectivity index (χ1v) is 8.60. The van der Waals surface area contributed by atoms with Gasteiger partial charge in [0.05, 0.1) is 0 Å². The molecule has 18 heavy (non-hydrogen) atoms. The van der Waals surface area contributed by atoms with Crippen LogP contribution >= 0.6 is 0 Å². The van der Waals surface area contributed by atoms with Gasteiger partial charge in [-0.25, -0.2) is 21.5 Å². The van der Waals surface area contributed by atoms with Crippen LogP contribution in [0.2, 0.25) is 13.1 Å². The molecule has 0 unspecified atom stereocenters. The molecule has 0 heterocycles. The Kier molecular flexibility index (Phi) is 9.14. The van der Waals surface area contributed by atoms with Crippen LogP contribution in [0.25, 0.3) is 0 Å². The molecule has 0 aromatic heterocycles. The molecule has 2 aliphatic carbocycles. The van der Waals surface area contributed by atoms with Crippen LogP contribution in [0, 0.1) is 12.2 Å². The van der Waals surface area contributed by atoms with E-state index >= 15 is 0 Å². The second-order valence-electron chi connectivity index (χ2n) is 4.87. The van der Waals surface area contributed by atoms with Crippen molar-refractivity contribution in [3.8, 4) is 0 Å². The van der Waals surface area contributed by atoms with Crippen molar-refractivity contribution in [2.24, 2.45) is 0 Å². The molecule has 0 N–H and O–H groups in total. The van der Waals surface area contributed by atoms with Gasteiger partial charge in [0.2, 0.25) is 0 Å². The monoisotopic (exact) mass is 332 g/mol. The predicted octanol–water partition coefficient (Wildman–Crippen LogP) is -2.06. The second-order valence-corrected chi connectivity index (χ2v) is 9.20. The fourth-order valence-electron chi connectivity index (χ4n) is 2.70. The fourth-order valence-corrected chi connectivity index (χ4v) is 6.27. The minimum absolute atomic E-state index is 0. The summed E-state index contributed by atoms with van der Waals surface area (Å²) in [6, 6.07) is 0. The number of hydrogen-bond acceptors (Lipinski definition) is 0. The van der Waals surface area contributed by atoms with Gasteiger partial charge in [0.1, 0.15) is 0 Å². The van der Waals surface area contributed by atoms with Gasteiger partial charge in [0, 0.05) is 0 Å². The summed E-state index contributed by atoms with van der Waals surface area (Å²) < 4.78 is 0. The molecule has 0 bridgehead atoms. The summed E-state index contributed by atoms with van der Waals surface area (Å²) in [7, 11) is -1.44. The molecule has 0 atom stereocenters. The normalized spacial score (nSPS) is 17.6. The third kappa shape index (κ3) is 3.74. The van der Waals surface area contributed by atoms with E-state index in [1.54, 1.807) is 10.4 Å². The Morgan fingerprint density at radius 1 is 0.889 bits per heavy atom. The largest absolute Gasteiger partial charge is 4.00 e. The van der Waals surface area contributed by atoms with Gasteiger partial charge >= 0.3 is 21.7 Å². The quantitative estimate of drug-likeness (QED) is 0.403. The Morgan fingerprint density at radius 2 is 1.22 bits per heavy atom. The van der Waals surface area contributed by atoms with E-state index in [9.17, 15) is 0 Å². The molecular weight excluding hydrogens is 315 g/mol. The molecule has 0 spiro atoms. The maximum atomic E-state index is 3.42. The van der Waals surface area contributed by atoms with E-state index < -0.39 is 8.07 Å². The molecule has 2 rings (SSSR count). The zero-order valence-corrected chi connectivity index (χ0v) is 15.4. The third-order valence-electron chi connectivity index (χ3n) is 3.50. The summed E-state index contributed by atoms with van der Waals surface area (Å²) in [5.41, 5.74) is 2.76. The van der Waals surface area contributed by atoms with Crippen molar-refractivity contribution in [2.45, 2.75) is 39.8 Å². The first-order valence-electron chi connectivity index (χ1n) is 5.60. The Morgan fingerprint density at radius 3 is 1.44 bits per heavy atom. The minimum atomic E-state index is -1.44. The molecule has 0 radical (unpaired) electrons. The molecule has 96 valence electrons. The summed E-state index contributed by atoms with van der Waals surface area (Å²) in [6.45, 7) is 9.28. The van der Waals surface area contributed by atoms with Crippen molar-refractivity contribution in [3.63, 3.8) is 0 Å². The van der Waals surface area contributed by atoms with Crippen molar-refractivity contribution in [2.75, 3.05) is 0 Å². The zero-order chi connectivity index (χ0) is 11.1. The third-order valence-corrected chi connectivity index (χ3v) is 7.35. The van der Waals surface area contributed by atoms with Gasteiger partial charge in [-0.2, -0.15) is 12.2 Å². The maximum absolute atomic E-state index is 3.42. The number of halogens is 2. The van der Waals surface area contributed by atoms with E-state index in [1.165, 1.54) is 11.1 Å². The molecule has 4 heteroatoms. The van der Waals surface area contributed by atoms with Crippen LogP contribution in [0.3, 0.4) is 0 Å². The molecule has 0 fully saturated rings. The molecule has 0 aromatic carbocycles. The SMILES string of the molecule is CC1=[C-]CC=C1[Si](C)(C)C1=CC[C-]=C1C.[Cl-].[Cl-].[Ti+4]. The number of rotatable bonds is 2. The standard InChI is InChI=1S/C14H18Si.2ClH.Ti/c1-11-7-5-9-13(11)15(3,4)14-10-6-8-12(14)2;;;/h9-10H,5-6H2,1-4H3;2*1H;/q-2;;;+4/p-2. The maximum Gasteiger partial charge on any atom is 4.00 e. The van der Waals surface area contributed by atoms with E-state index in [0.29, 0.717) is 0 Å². The van der Waals surface area contributed by atoms with E-state index in [0.717, 1.165) is 12.8 Å². The van der Waals surface area contributed by atoms with Gasteiger partial charge in [-0.05, 0) is 0 Å². The van der Waals surface area contributed by atoms with Crippen LogP contribution in [-0.4, -0.2) is 8.07 Å². The Balaban J connectivity index is 0. The van der Waals surface area contributed by atoms with Gasteiger partial charge in [-0.15, -0.1) is 12.8 Å². The average molecular weight is 333 g/mol. The van der Waals surface area contributed by atoms with E-state index in [1.807, 2.05) is 0 Å². The van der Waals surface area contributed by atoms with Crippen LogP contribution in [0.15, 0.2) is 33.7 Å². The van der Waals surface area contributed by atoms with Gasteiger partial charge in [0.25, 0.3) is 0 Å². The molecule has 0 saturated carbocycles. The van der Waals surface area contributed by atoms with Crippen molar-refractivity contribution in [1.29, 1.82) is 0 Å². The van der Waals surface area contributed by atoms with Gasteiger partial charge in [0.15, 0.2) is 0 Å². The van der Waals surface area contributed by atoms with Crippen molar-refractivity contribution in [3.05, 3.63) is 45.8 Å². The second kappa shape index (κ2) is 7.92. The van der Waals surface area contributed by atoms with Gasteiger partial charge in [-0.3, -0.25) is 12.2 Å². The van der Waals surface area contributed by atoms with E-state index in [2.05, 4.69) is 51.2 Å². The molecule has 0 amide bonds. The van der Waals surface area contributed by atoms with Crippen LogP contribution in [0.1, 0.15) is 26.7 Å². The zero-order valence-electron chi connectivity index (χ0n) is 11.3. The van der Waals surface area contributed by atoms with Crippen LogP contribution < -0.4 is 24.8 Å². The number of hydrogen-bond donors (Lipinski definition) is 0. The summed E-state index contributed by atoms with van der Waals surface area (Å²) >= 11 is 0. The smallest absolute Gasteiger partial charge is 1.00 e. The van der Waals surface area contributed by atoms with Crippen LogP contribution in [0.4, 0.5) is 0 Å². The molecule has 0 saturated heterocycles. The summed E-state index contributed by atoms with van der Waals surface area (Å²) in [6.07, 6.45) is 13.6.